The predicted molar refractivity (Wildman–Crippen MR) is 66.2 cm³/mol. The van der Waals surface area contributed by atoms with Crippen LogP contribution in [-0.4, -0.2) is 0 Å². The van der Waals surface area contributed by atoms with E-state index in [0.717, 1.165) is 19.3 Å². The van der Waals surface area contributed by atoms with E-state index >= 15 is 0 Å². The van der Waals surface area contributed by atoms with E-state index in [4.69, 9.17) is 0 Å². The van der Waals surface area contributed by atoms with Crippen LogP contribution in [0.25, 0.3) is 0 Å². The maximum Gasteiger partial charge on any atom is -0.0169 e. The van der Waals surface area contributed by atoms with Crippen LogP contribution in [0.5, 0.6) is 0 Å². The van der Waals surface area contributed by atoms with E-state index in [1.807, 2.05) is 27.7 Å². The Labute approximate surface area is 85.8 Å². The van der Waals surface area contributed by atoms with Crippen LogP contribution in [0.3, 0.4) is 0 Å². The molecule has 0 nitrogen and oxygen atoms in total. The molecule has 80 valence electrons. The molecule has 0 saturated carbocycles. The SMILES string of the molecule is CC.CC.CC/C=C/C/C=C/CC. The molecular weight excluding hydrogens is 156 g/mol. The monoisotopic (exact) mass is 184 g/mol. The van der Waals surface area contributed by atoms with Crippen molar-refractivity contribution in [2.45, 2.75) is 60.8 Å². The molecule has 0 radical (unpaired) electrons. The van der Waals surface area contributed by atoms with Gasteiger partial charge in [-0.3, -0.25) is 0 Å². The van der Waals surface area contributed by atoms with Gasteiger partial charge >= 0.3 is 0 Å². The van der Waals surface area contributed by atoms with Gasteiger partial charge in [-0.25, -0.2) is 0 Å². The lowest BCUT2D eigenvalue weighted by Crippen LogP contribution is -1.58. The molecule has 0 amide bonds. The van der Waals surface area contributed by atoms with Crippen LogP contribution in [-0.2, 0) is 0 Å². The third-order valence-electron chi connectivity index (χ3n) is 1.08. The fraction of sp³-hybridized carbons (Fsp3) is 0.692. The molecule has 0 aromatic heterocycles. The Kier molecular flexibility index (Phi) is 42.3. The van der Waals surface area contributed by atoms with Crippen LogP contribution in [0.15, 0.2) is 24.3 Å². The molecular formula is C13H28. The highest BCUT2D eigenvalue weighted by atomic mass is 13.7. The zero-order chi connectivity index (χ0) is 10.9. The van der Waals surface area contributed by atoms with Gasteiger partial charge in [-0.05, 0) is 19.3 Å². The Hall–Kier alpha value is -0.520. The summed E-state index contributed by atoms with van der Waals surface area (Å²) in [4.78, 5) is 0. The maximum atomic E-state index is 2.20. The first-order valence-corrected chi connectivity index (χ1v) is 5.71. The molecule has 0 aliphatic heterocycles. The van der Waals surface area contributed by atoms with Gasteiger partial charge in [0.05, 0.1) is 0 Å². The van der Waals surface area contributed by atoms with E-state index in [0.29, 0.717) is 0 Å². The maximum absolute atomic E-state index is 2.20. The topological polar surface area (TPSA) is 0 Å². The Bertz CT molecular complexity index is 76.2. The molecule has 0 atom stereocenters. The van der Waals surface area contributed by atoms with Gasteiger partial charge in [0.1, 0.15) is 0 Å². The summed E-state index contributed by atoms with van der Waals surface area (Å²) in [6, 6.07) is 0. The van der Waals surface area contributed by atoms with Crippen molar-refractivity contribution in [3.05, 3.63) is 24.3 Å². The largest absolute Gasteiger partial charge is 0.0885 e. The second-order valence-corrected chi connectivity index (χ2v) is 2.00. The van der Waals surface area contributed by atoms with Crippen molar-refractivity contribution in [1.29, 1.82) is 0 Å². The average molecular weight is 184 g/mol. The molecule has 0 fully saturated rings. The van der Waals surface area contributed by atoms with Crippen molar-refractivity contribution in [3.8, 4) is 0 Å². The van der Waals surface area contributed by atoms with E-state index in [-0.39, 0.29) is 0 Å². The van der Waals surface area contributed by atoms with E-state index in [1.165, 1.54) is 0 Å². The van der Waals surface area contributed by atoms with Crippen molar-refractivity contribution in [2.24, 2.45) is 0 Å². The first kappa shape index (κ1) is 18.3. The fourth-order valence-electron chi connectivity index (χ4n) is 0.604. The Morgan fingerprint density at radius 3 is 1.15 bits per heavy atom. The van der Waals surface area contributed by atoms with Crippen molar-refractivity contribution in [2.75, 3.05) is 0 Å². The number of hydrogen-bond acceptors (Lipinski definition) is 0. The molecule has 0 aliphatic carbocycles. The van der Waals surface area contributed by atoms with Crippen molar-refractivity contribution in [3.63, 3.8) is 0 Å². The van der Waals surface area contributed by atoms with Crippen LogP contribution in [0.1, 0.15) is 60.8 Å². The third-order valence-corrected chi connectivity index (χ3v) is 1.08. The molecule has 13 heavy (non-hydrogen) atoms. The number of rotatable bonds is 4. The standard InChI is InChI=1S/C9H16.2C2H6/c1-3-5-7-9-8-6-4-2;2*1-2/h5-8H,3-4,9H2,1-2H3;2*1-2H3/b7-5+,8-6+;;. The van der Waals surface area contributed by atoms with E-state index in [9.17, 15) is 0 Å². The second-order valence-electron chi connectivity index (χ2n) is 2.00. The van der Waals surface area contributed by atoms with Crippen molar-refractivity contribution < 1.29 is 0 Å². The van der Waals surface area contributed by atoms with Gasteiger partial charge in [-0.1, -0.05) is 65.8 Å². The quantitative estimate of drug-likeness (QED) is 0.516. The minimum Gasteiger partial charge on any atom is -0.0885 e. The normalized spacial score (nSPS) is 9.08. The molecule has 0 aliphatic rings. The predicted octanol–water partition coefficient (Wildman–Crippen LogP) is 5.36. The minimum absolute atomic E-state index is 1.10. The lowest BCUT2D eigenvalue weighted by atomic mass is 10.3. The van der Waals surface area contributed by atoms with Crippen LogP contribution in [0, 0.1) is 0 Å². The Balaban J connectivity index is -0.000000218. The molecule has 0 aromatic rings. The molecule has 0 unspecified atom stereocenters. The van der Waals surface area contributed by atoms with Crippen LogP contribution in [0.2, 0.25) is 0 Å². The summed E-state index contributed by atoms with van der Waals surface area (Å²) < 4.78 is 0. The molecule has 0 aromatic carbocycles. The van der Waals surface area contributed by atoms with Gasteiger partial charge in [0, 0.05) is 0 Å². The molecule has 0 spiro atoms. The zero-order valence-electron chi connectivity index (χ0n) is 10.4. The summed E-state index contributed by atoms with van der Waals surface area (Å²) in [7, 11) is 0. The lowest BCUT2D eigenvalue weighted by Gasteiger charge is -1.79. The van der Waals surface area contributed by atoms with E-state index in [2.05, 4.69) is 38.2 Å². The summed E-state index contributed by atoms with van der Waals surface area (Å²) in [5.41, 5.74) is 0. The van der Waals surface area contributed by atoms with Crippen LogP contribution < -0.4 is 0 Å². The van der Waals surface area contributed by atoms with E-state index in [1.54, 1.807) is 0 Å². The summed E-state index contributed by atoms with van der Waals surface area (Å²) >= 11 is 0. The third kappa shape index (κ3) is 34.4. The molecule has 0 N–H and O–H groups in total. The highest BCUT2D eigenvalue weighted by molar-refractivity contribution is 4.91. The summed E-state index contributed by atoms with van der Waals surface area (Å²) in [5.74, 6) is 0. The molecule has 0 heteroatoms. The van der Waals surface area contributed by atoms with Gasteiger partial charge < -0.3 is 0 Å². The van der Waals surface area contributed by atoms with Crippen molar-refractivity contribution in [1.82, 2.24) is 0 Å². The second kappa shape index (κ2) is 30.0. The lowest BCUT2D eigenvalue weighted by molar-refractivity contribution is 1.18. The van der Waals surface area contributed by atoms with Crippen molar-refractivity contribution >= 4 is 0 Å². The highest BCUT2D eigenvalue weighted by Crippen LogP contribution is 1.89. The number of allylic oxidation sites excluding steroid dienone is 4. The molecule has 0 saturated heterocycles. The van der Waals surface area contributed by atoms with Crippen LogP contribution in [0.4, 0.5) is 0 Å². The zero-order valence-corrected chi connectivity index (χ0v) is 10.4. The first-order chi connectivity index (χ1) is 6.41. The summed E-state index contributed by atoms with van der Waals surface area (Å²) in [6.45, 7) is 12.3. The van der Waals surface area contributed by atoms with Gasteiger partial charge in [0.15, 0.2) is 0 Å². The average Bonchev–Trinajstić information content (AvgIpc) is 2.24. The van der Waals surface area contributed by atoms with Gasteiger partial charge in [-0.2, -0.15) is 0 Å². The molecule has 0 bridgehead atoms. The summed E-state index contributed by atoms with van der Waals surface area (Å²) in [5, 5.41) is 0. The smallest absolute Gasteiger partial charge is 0.0169 e. The number of hydrogen-bond donors (Lipinski definition) is 0. The van der Waals surface area contributed by atoms with Gasteiger partial charge in [0.25, 0.3) is 0 Å². The Morgan fingerprint density at radius 1 is 0.615 bits per heavy atom. The summed E-state index contributed by atoms with van der Waals surface area (Å²) in [6.07, 6.45) is 12.2. The first-order valence-electron chi connectivity index (χ1n) is 5.71. The van der Waals surface area contributed by atoms with Gasteiger partial charge in [0.2, 0.25) is 0 Å². The van der Waals surface area contributed by atoms with E-state index < -0.39 is 0 Å². The fourth-order valence-corrected chi connectivity index (χ4v) is 0.604. The minimum atomic E-state index is 1.10. The van der Waals surface area contributed by atoms with Gasteiger partial charge in [-0.15, -0.1) is 0 Å². The Morgan fingerprint density at radius 2 is 0.923 bits per heavy atom. The molecule has 0 heterocycles. The van der Waals surface area contributed by atoms with Crippen LogP contribution >= 0.6 is 0 Å². The molecule has 0 rings (SSSR count). The highest BCUT2D eigenvalue weighted by Gasteiger charge is 1.68.